The molecule has 6 nitrogen and oxygen atoms in total. The first-order valence-electron chi connectivity index (χ1n) is 12.3. The van der Waals surface area contributed by atoms with E-state index in [4.69, 9.17) is 4.98 Å². The van der Waals surface area contributed by atoms with Gasteiger partial charge in [-0.05, 0) is 42.9 Å². The molecule has 6 heteroatoms. The van der Waals surface area contributed by atoms with Gasteiger partial charge < -0.3 is 14.8 Å². The van der Waals surface area contributed by atoms with Crippen LogP contribution >= 0.6 is 0 Å². The minimum absolute atomic E-state index is 0.0254. The first-order valence-corrected chi connectivity index (χ1v) is 12.3. The lowest BCUT2D eigenvalue weighted by Gasteiger charge is -2.27. The Bertz CT molecular complexity index is 1080. The standard InChI is InChI=1S/C28H38N4O2/c1-20(2)17-31(18-21(3)4)27(34)19-32-25-14-10-9-13-24(25)30-28(32)22(5)29-26(33)16-15-23-11-7-6-8-12-23/h6-14,20-22H,15-19H2,1-5H3,(H,29,33). The molecule has 0 aliphatic heterocycles. The number of carbonyl (C=O) groups excluding carboxylic acids is 2. The molecule has 0 aliphatic rings. The van der Waals surface area contributed by atoms with E-state index in [-0.39, 0.29) is 24.4 Å². The van der Waals surface area contributed by atoms with Crippen LogP contribution in [0.3, 0.4) is 0 Å². The van der Waals surface area contributed by atoms with Crippen LogP contribution in [0.5, 0.6) is 0 Å². The lowest BCUT2D eigenvalue weighted by Crippen LogP contribution is -2.39. The van der Waals surface area contributed by atoms with Crippen molar-refractivity contribution in [2.75, 3.05) is 13.1 Å². The van der Waals surface area contributed by atoms with E-state index >= 15 is 0 Å². The molecule has 0 saturated heterocycles. The summed E-state index contributed by atoms with van der Waals surface area (Å²) in [5.74, 6) is 1.54. The van der Waals surface area contributed by atoms with E-state index in [1.54, 1.807) is 0 Å². The molecule has 1 heterocycles. The SMILES string of the molecule is CC(C)CN(CC(C)C)C(=O)Cn1c(C(C)NC(=O)CCc2ccccc2)nc2ccccc21. The van der Waals surface area contributed by atoms with Gasteiger partial charge >= 0.3 is 0 Å². The van der Waals surface area contributed by atoms with Gasteiger partial charge in [-0.25, -0.2) is 4.98 Å². The van der Waals surface area contributed by atoms with Crippen molar-refractivity contribution in [2.45, 2.75) is 60.0 Å². The average Bonchev–Trinajstić information content (AvgIpc) is 3.16. The Hall–Kier alpha value is -3.15. The van der Waals surface area contributed by atoms with Gasteiger partial charge in [0.15, 0.2) is 0 Å². The lowest BCUT2D eigenvalue weighted by atomic mass is 10.1. The number of aryl methyl sites for hydroxylation is 1. The molecule has 2 aromatic carbocycles. The summed E-state index contributed by atoms with van der Waals surface area (Å²) in [4.78, 5) is 32.8. The number of carbonyl (C=O) groups is 2. The van der Waals surface area contributed by atoms with E-state index in [1.807, 2.05) is 71.0 Å². The summed E-state index contributed by atoms with van der Waals surface area (Å²) in [5.41, 5.74) is 2.87. The molecule has 0 spiro atoms. The van der Waals surface area contributed by atoms with Gasteiger partial charge in [-0.3, -0.25) is 9.59 Å². The summed E-state index contributed by atoms with van der Waals surface area (Å²) in [6.07, 6.45) is 1.09. The minimum Gasteiger partial charge on any atom is -0.346 e. The summed E-state index contributed by atoms with van der Waals surface area (Å²) < 4.78 is 1.97. The van der Waals surface area contributed by atoms with Gasteiger partial charge in [0.1, 0.15) is 12.4 Å². The van der Waals surface area contributed by atoms with Crippen molar-refractivity contribution in [1.82, 2.24) is 19.8 Å². The molecular formula is C28H38N4O2. The maximum Gasteiger partial charge on any atom is 0.242 e. The number of rotatable bonds is 11. The molecule has 0 fully saturated rings. The van der Waals surface area contributed by atoms with Crippen LogP contribution in [0.25, 0.3) is 11.0 Å². The Morgan fingerprint density at radius 1 is 0.912 bits per heavy atom. The smallest absolute Gasteiger partial charge is 0.242 e. The van der Waals surface area contributed by atoms with E-state index in [2.05, 4.69) is 33.0 Å². The minimum atomic E-state index is -0.313. The number of benzene rings is 2. The monoisotopic (exact) mass is 462 g/mol. The van der Waals surface area contributed by atoms with E-state index in [0.717, 1.165) is 29.7 Å². The predicted octanol–water partition coefficient (Wildman–Crippen LogP) is 4.99. The largest absolute Gasteiger partial charge is 0.346 e. The molecule has 34 heavy (non-hydrogen) atoms. The molecule has 1 atom stereocenters. The Labute approximate surface area is 203 Å². The third kappa shape index (κ3) is 6.92. The highest BCUT2D eigenvalue weighted by molar-refractivity contribution is 5.82. The van der Waals surface area contributed by atoms with Crippen LogP contribution in [0.15, 0.2) is 54.6 Å². The van der Waals surface area contributed by atoms with Gasteiger partial charge in [-0.1, -0.05) is 70.2 Å². The van der Waals surface area contributed by atoms with Crippen LogP contribution in [0.1, 0.15) is 58.5 Å². The number of imidazole rings is 1. The summed E-state index contributed by atoms with van der Waals surface area (Å²) in [6.45, 7) is 12.1. The molecule has 3 rings (SSSR count). The first kappa shape index (κ1) is 25.5. The molecule has 0 bridgehead atoms. The highest BCUT2D eigenvalue weighted by atomic mass is 16.2. The number of hydrogen-bond acceptors (Lipinski definition) is 3. The number of amides is 2. The third-order valence-corrected chi connectivity index (χ3v) is 5.75. The number of nitrogens with one attached hydrogen (secondary N) is 1. The second-order valence-corrected chi connectivity index (χ2v) is 9.91. The fourth-order valence-electron chi connectivity index (χ4n) is 4.27. The zero-order valence-corrected chi connectivity index (χ0v) is 21.1. The van der Waals surface area contributed by atoms with E-state index in [9.17, 15) is 9.59 Å². The van der Waals surface area contributed by atoms with Crippen molar-refractivity contribution >= 4 is 22.8 Å². The first-order chi connectivity index (χ1) is 16.2. The number of para-hydroxylation sites is 2. The number of fused-ring (bicyclic) bond motifs is 1. The third-order valence-electron chi connectivity index (χ3n) is 5.75. The molecule has 0 aliphatic carbocycles. The normalized spacial score (nSPS) is 12.3. The van der Waals surface area contributed by atoms with Crippen LogP contribution in [-0.4, -0.2) is 39.4 Å². The molecule has 1 N–H and O–H groups in total. The zero-order chi connectivity index (χ0) is 24.7. The fraction of sp³-hybridized carbons (Fsp3) is 0.464. The fourth-order valence-corrected chi connectivity index (χ4v) is 4.27. The van der Waals surface area contributed by atoms with Gasteiger partial charge in [-0.15, -0.1) is 0 Å². The molecule has 2 amide bonds. The Kier molecular flexibility index (Phi) is 8.85. The molecule has 1 unspecified atom stereocenters. The summed E-state index contributed by atoms with van der Waals surface area (Å²) in [5, 5.41) is 3.09. The molecule has 1 aromatic heterocycles. The Morgan fingerprint density at radius 3 is 2.18 bits per heavy atom. The van der Waals surface area contributed by atoms with Gasteiger partial charge in [0.05, 0.1) is 17.1 Å². The van der Waals surface area contributed by atoms with Crippen molar-refractivity contribution in [1.29, 1.82) is 0 Å². The van der Waals surface area contributed by atoms with Crippen LogP contribution in [0, 0.1) is 11.8 Å². The zero-order valence-electron chi connectivity index (χ0n) is 21.1. The van der Waals surface area contributed by atoms with Crippen molar-refractivity contribution in [2.24, 2.45) is 11.8 Å². The van der Waals surface area contributed by atoms with Gasteiger partial charge in [-0.2, -0.15) is 0 Å². The van der Waals surface area contributed by atoms with Crippen LogP contribution in [0.2, 0.25) is 0 Å². The van der Waals surface area contributed by atoms with Gasteiger partial charge in [0.2, 0.25) is 11.8 Å². The predicted molar refractivity (Wildman–Crippen MR) is 137 cm³/mol. The number of nitrogens with zero attached hydrogens (tertiary/aromatic N) is 3. The molecular weight excluding hydrogens is 424 g/mol. The Morgan fingerprint density at radius 2 is 1.53 bits per heavy atom. The maximum absolute atomic E-state index is 13.4. The van der Waals surface area contributed by atoms with E-state index in [1.165, 1.54) is 0 Å². The molecule has 0 saturated carbocycles. The number of hydrogen-bond donors (Lipinski definition) is 1. The highest BCUT2D eigenvalue weighted by Crippen LogP contribution is 2.22. The van der Waals surface area contributed by atoms with Crippen molar-refractivity contribution in [3.05, 3.63) is 66.0 Å². The molecule has 3 aromatic rings. The second kappa shape index (κ2) is 11.8. The van der Waals surface area contributed by atoms with Crippen molar-refractivity contribution in [3.63, 3.8) is 0 Å². The van der Waals surface area contributed by atoms with Crippen molar-refractivity contribution < 1.29 is 9.59 Å². The average molecular weight is 463 g/mol. The van der Waals surface area contributed by atoms with Crippen LogP contribution in [-0.2, 0) is 22.6 Å². The number of aromatic nitrogens is 2. The Balaban J connectivity index is 1.78. The van der Waals surface area contributed by atoms with Gasteiger partial charge in [0.25, 0.3) is 0 Å². The quantitative estimate of drug-likeness (QED) is 0.437. The summed E-state index contributed by atoms with van der Waals surface area (Å²) in [7, 11) is 0. The van der Waals surface area contributed by atoms with Crippen LogP contribution < -0.4 is 5.32 Å². The van der Waals surface area contributed by atoms with Gasteiger partial charge in [0, 0.05) is 19.5 Å². The highest BCUT2D eigenvalue weighted by Gasteiger charge is 2.23. The van der Waals surface area contributed by atoms with E-state index < -0.39 is 0 Å². The second-order valence-electron chi connectivity index (χ2n) is 9.91. The maximum atomic E-state index is 13.4. The summed E-state index contributed by atoms with van der Waals surface area (Å²) in [6, 6.07) is 17.5. The molecule has 0 radical (unpaired) electrons. The lowest BCUT2D eigenvalue weighted by molar-refractivity contribution is -0.132. The summed E-state index contributed by atoms with van der Waals surface area (Å²) >= 11 is 0. The van der Waals surface area contributed by atoms with E-state index in [0.29, 0.717) is 30.5 Å². The van der Waals surface area contributed by atoms with Crippen molar-refractivity contribution in [3.8, 4) is 0 Å². The topological polar surface area (TPSA) is 67.2 Å². The van der Waals surface area contributed by atoms with Crippen LogP contribution in [0.4, 0.5) is 0 Å². The molecule has 182 valence electrons.